The molecule has 2 unspecified atom stereocenters. The van der Waals surface area contributed by atoms with Gasteiger partial charge < -0.3 is 74.5 Å². The molecule has 0 fully saturated rings. The van der Waals surface area contributed by atoms with Crippen molar-refractivity contribution in [2.45, 2.75) is 144 Å². The van der Waals surface area contributed by atoms with Gasteiger partial charge >= 0.3 is 17.9 Å². The molecule has 30 heteroatoms. The van der Waals surface area contributed by atoms with E-state index < -0.39 is 71.5 Å². The fourth-order valence-corrected chi connectivity index (χ4v) is 13.0. The molecule has 648 valence electrons. The van der Waals surface area contributed by atoms with Crippen LogP contribution in [0.1, 0.15) is 141 Å². The molecular formula is C91H116N12O18. The van der Waals surface area contributed by atoms with Gasteiger partial charge in [-0.1, -0.05) is 170 Å². The Balaban J connectivity index is 0.000000250. The smallest absolute Gasteiger partial charge is 0.325 e. The van der Waals surface area contributed by atoms with Crippen molar-refractivity contribution >= 4 is 53.4 Å². The lowest BCUT2D eigenvalue weighted by atomic mass is 10.0. The van der Waals surface area contributed by atoms with E-state index in [4.69, 9.17) is 28.4 Å². The number of carbonyl (C=O) groups is 9. The number of aromatic nitrogens is 6. The van der Waals surface area contributed by atoms with E-state index in [0.29, 0.717) is 126 Å². The topological polar surface area (TPSA) is 362 Å². The second-order valence-corrected chi connectivity index (χ2v) is 28.9. The van der Waals surface area contributed by atoms with Gasteiger partial charge in [-0.3, -0.25) is 57.2 Å². The molecule has 9 aromatic rings. The van der Waals surface area contributed by atoms with Crippen LogP contribution in [0.25, 0.3) is 33.8 Å². The summed E-state index contributed by atoms with van der Waals surface area (Å²) < 4.78 is 53.0. The number of aryl methyl sites for hydroxylation is 3. The van der Waals surface area contributed by atoms with Gasteiger partial charge in [0, 0.05) is 13.1 Å². The number of hydrogen-bond donors (Lipinski definition) is 6. The molecule has 0 spiro atoms. The first-order valence-electron chi connectivity index (χ1n) is 40.3. The molecule has 3 aromatic heterocycles. The molecule has 0 aliphatic carbocycles. The van der Waals surface area contributed by atoms with Crippen molar-refractivity contribution in [1.82, 2.24) is 61.2 Å². The molecule has 0 saturated heterocycles. The SMILES string of the molecule is CCC(C)Cn1nc(C(=O)N[C@@H](CCc2ccccc2)C(=O)NCC(=O)OC)cc1-c1c(OC)cccc1OC.CCC(CC)Cn1nc(C(=O)N[C@@H](CCc2ccccc2)C(=O)NCC(=O)OC)cc1-c1c(OC)cccc1OC.COC(=O)CNC(=O)[C@H](CCc1ccccc1)NC(=O)c1cc(-c2c(OC)cccc2OC)n(C(C)C(C)C)n1. The van der Waals surface area contributed by atoms with Crippen LogP contribution in [0.4, 0.5) is 0 Å². The lowest BCUT2D eigenvalue weighted by Crippen LogP contribution is -2.48. The van der Waals surface area contributed by atoms with E-state index in [2.05, 4.69) is 103 Å². The van der Waals surface area contributed by atoms with Gasteiger partial charge in [-0.05, 0) is 134 Å². The molecular weight excluding hydrogens is 1550 g/mol. The Morgan fingerprint density at radius 2 is 0.645 bits per heavy atom. The number of ether oxygens (including phenoxy) is 9. The predicted molar refractivity (Wildman–Crippen MR) is 459 cm³/mol. The highest BCUT2D eigenvalue weighted by Crippen LogP contribution is 2.43. The predicted octanol–water partition coefficient (Wildman–Crippen LogP) is 11.5. The third-order valence-corrected chi connectivity index (χ3v) is 20.6. The van der Waals surface area contributed by atoms with E-state index in [1.165, 1.54) is 21.3 Å². The van der Waals surface area contributed by atoms with Crippen molar-refractivity contribution in [3.63, 3.8) is 0 Å². The van der Waals surface area contributed by atoms with Crippen LogP contribution in [-0.4, -0.2) is 184 Å². The zero-order valence-corrected chi connectivity index (χ0v) is 72.1. The maximum atomic E-state index is 13.6. The highest BCUT2D eigenvalue weighted by Gasteiger charge is 2.32. The summed E-state index contributed by atoms with van der Waals surface area (Å²) in [4.78, 5) is 115. The Kier molecular flexibility index (Phi) is 38.3. The first-order chi connectivity index (χ1) is 58.3. The van der Waals surface area contributed by atoms with Crippen molar-refractivity contribution in [3.8, 4) is 68.3 Å². The van der Waals surface area contributed by atoms with Crippen LogP contribution in [0.2, 0.25) is 0 Å². The Morgan fingerprint density at radius 1 is 0.355 bits per heavy atom. The highest BCUT2D eigenvalue weighted by atomic mass is 16.5. The molecule has 3 heterocycles. The van der Waals surface area contributed by atoms with Crippen molar-refractivity contribution < 1.29 is 85.8 Å². The zero-order valence-electron chi connectivity index (χ0n) is 72.1. The average molecular weight is 1670 g/mol. The average Bonchev–Trinajstić information content (AvgIpc) is 1.68. The second kappa shape index (κ2) is 48.8. The van der Waals surface area contributed by atoms with Gasteiger partial charge in [0.05, 0.1) is 104 Å². The van der Waals surface area contributed by atoms with Crippen LogP contribution < -0.4 is 60.3 Å². The second-order valence-electron chi connectivity index (χ2n) is 28.9. The lowest BCUT2D eigenvalue weighted by molar-refractivity contribution is -0.141. The van der Waals surface area contributed by atoms with Crippen LogP contribution in [-0.2, 0) is 75.3 Å². The molecule has 0 saturated carbocycles. The van der Waals surface area contributed by atoms with Crippen LogP contribution in [0.15, 0.2) is 164 Å². The van der Waals surface area contributed by atoms with Crippen molar-refractivity contribution in [3.05, 3.63) is 198 Å². The van der Waals surface area contributed by atoms with E-state index in [-0.39, 0.29) is 54.6 Å². The maximum Gasteiger partial charge on any atom is 0.325 e. The summed E-state index contributed by atoms with van der Waals surface area (Å²) in [5.41, 5.74) is 7.52. The fourth-order valence-electron chi connectivity index (χ4n) is 13.0. The minimum absolute atomic E-state index is 0.0663. The number of amides is 6. The van der Waals surface area contributed by atoms with Gasteiger partial charge in [0.1, 0.15) is 72.3 Å². The number of nitrogens with one attached hydrogen (secondary N) is 6. The van der Waals surface area contributed by atoms with E-state index >= 15 is 0 Å². The molecule has 0 radical (unpaired) electrons. The normalized spacial score (nSPS) is 12.0. The quantitative estimate of drug-likeness (QED) is 0.0153. The number of carbonyl (C=O) groups excluding carboxylic acids is 9. The minimum atomic E-state index is -0.908. The van der Waals surface area contributed by atoms with Gasteiger partial charge in [0.15, 0.2) is 17.1 Å². The standard InChI is InChI=1S/C31H40N4O6.2C30H38N4O6/c1-6-21(7-2)20-35-25(29-26(39-3)14-11-15-27(29)40-4)18-24(34-35)31(38)33-23(30(37)32-19-28(36)41-5)17-16-22-12-9-8-10-13-22;1-19(2)20(3)34-24(28-25(38-4)13-10-14-26(28)39-5)17-23(33-34)30(37)32-22(29(36)31-18-27(35)40-6)16-15-21-11-8-7-9-12-21;1-6-20(2)19-34-24(28-25(38-3)13-10-14-26(28)39-4)17-23(33-34)30(37)32-22(29(36)31-18-27(35)40-5)16-15-21-11-8-7-9-12-21/h8-15,18,21,23H,6-7,16-17,19-20H2,1-5H3,(H,32,37)(H,33,38);7-14,17,19-20,22H,15-16,18H2,1-6H3,(H,31,36)(H,32,37);7-14,17,20,22H,6,15-16,18-19H2,1-5H3,(H,31,36)(H,32,37)/t23-;2*20?,22-/m000/s1. The molecule has 9 rings (SSSR count). The highest BCUT2D eigenvalue weighted by molar-refractivity contribution is 6.00. The third kappa shape index (κ3) is 27.5. The Labute approximate surface area is 707 Å². The van der Waals surface area contributed by atoms with Crippen molar-refractivity contribution in [2.24, 2.45) is 17.8 Å². The number of nitrogens with zero attached hydrogens (tertiary/aromatic N) is 6. The summed E-state index contributed by atoms with van der Waals surface area (Å²) in [6.07, 6.45) is 5.41. The Bertz CT molecular complexity index is 4790. The molecule has 5 atom stereocenters. The molecule has 0 aliphatic heterocycles. The third-order valence-electron chi connectivity index (χ3n) is 20.6. The van der Waals surface area contributed by atoms with Crippen molar-refractivity contribution in [2.75, 3.05) is 83.6 Å². The van der Waals surface area contributed by atoms with Crippen LogP contribution in [0.5, 0.6) is 34.5 Å². The van der Waals surface area contributed by atoms with Gasteiger partial charge in [0.2, 0.25) is 17.7 Å². The molecule has 121 heavy (non-hydrogen) atoms. The van der Waals surface area contributed by atoms with Gasteiger partial charge in [0.25, 0.3) is 17.7 Å². The first kappa shape index (κ1) is 95.1. The van der Waals surface area contributed by atoms with E-state index in [0.717, 1.165) is 36.0 Å². The number of esters is 3. The number of hydrogen-bond acceptors (Lipinski definition) is 21. The van der Waals surface area contributed by atoms with Crippen LogP contribution in [0.3, 0.4) is 0 Å². The minimum Gasteiger partial charge on any atom is -0.496 e. The van der Waals surface area contributed by atoms with E-state index in [1.807, 2.05) is 157 Å². The Morgan fingerprint density at radius 3 is 0.926 bits per heavy atom. The summed E-state index contributed by atoms with van der Waals surface area (Å²) in [6, 6.07) is 47.7. The summed E-state index contributed by atoms with van der Waals surface area (Å²) in [6.45, 7) is 14.9. The molecule has 6 amide bonds. The lowest BCUT2D eigenvalue weighted by Gasteiger charge is -2.21. The largest absolute Gasteiger partial charge is 0.496 e. The molecule has 0 bridgehead atoms. The zero-order chi connectivity index (χ0) is 88.1. The fraction of sp³-hybridized carbons (Fsp3) is 0.407. The summed E-state index contributed by atoms with van der Waals surface area (Å²) in [5.74, 6) is -0.411. The van der Waals surface area contributed by atoms with Crippen LogP contribution >= 0.6 is 0 Å². The van der Waals surface area contributed by atoms with Gasteiger partial charge in [-0.2, -0.15) is 15.3 Å². The van der Waals surface area contributed by atoms with E-state index in [9.17, 15) is 43.2 Å². The summed E-state index contributed by atoms with van der Waals surface area (Å²) in [7, 11) is 13.2. The van der Waals surface area contributed by atoms with Crippen molar-refractivity contribution in [1.29, 1.82) is 0 Å². The maximum absolute atomic E-state index is 13.6. The summed E-state index contributed by atoms with van der Waals surface area (Å²) in [5, 5.41) is 30.1. The van der Waals surface area contributed by atoms with Crippen LogP contribution in [0, 0.1) is 17.8 Å². The molecule has 0 aliphatic rings. The van der Waals surface area contributed by atoms with E-state index in [1.54, 1.807) is 70.2 Å². The Hall–Kier alpha value is -13.0. The summed E-state index contributed by atoms with van der Waals surface area (Å²) >= 11 is 0. The first-order valence-corrected chi connectivity index (χ1v) is 40.3. The molecule has 6 aromatic carbocycles. The number of methoxy groups -OCH3 is 9. The van der Waals surface area contributed by atoms with Gasteiger partial charge in [-0.15, -0.1) is 0 Å². The monoisotopic (exact) mass is 1660 g/mol. The van der Waals surface area contributed by atoms with Gasteiger partial charge in [-0.25, -0.2) is 0 Å². The molecule has 6 N–H and O–H groups in total. The molecule has 30 nitrogen and oxygen atoms in total. The number of rotatable bonds is 42. The number of benzene rings is 6.